The average Bonchev–Trinajstić information content (AvgIpc) is 3.25. The molecule has 0 unspecified atom stereocenters. The monoisotopic (exact) mass is 460 g/mol. The number of hydrogen-bond donors (Lipinski definition) is 2. The standard InChI is InChI=1S/C25H28N6O3/c1-25(2,26)23(33)27-20(17-34-16-19-11-7-4-8-12-19)22-28-29-24-30(22)14-13-21(32)31(24)15-18-9-5-3-6-10-18/h3-14,20H,15-17,26H2,1-2H3,(H,27,33)/t20-/m1/s1. The number of aromatic nitrogens is 4. The predicted molar refractivity (Wildman–Crippen MR) is 128 cm³/mol. The van der Waals surface area contributed by atoms with Crippen LogP contribution in [0.4, 0.5) is 0 Å². The second kappa shape index (κ2) is 9.98. The van der Waals surface area contributed by atoms with Gasteiger partial charge in [-0.2, -0.15) is 0 Å². The fourth-order valence-corrected chi connectivity index (χ4v) is 3.49. The SMILES string of the molecule is CC(C)(N)C(=O)N[C@H](COCc1ccccc1)c1nnc2n(Cc3ccccc3)c(=O)ccn12. The Morgan fingerprint density at radius 1 is 1.03 bits per heavy atom. The van der Waals surface area contributed by atoms with Crippen LogP contribution in [0.1, 0.15) is 36.8 Å². The summed E-state index contributed by atoms with van der Waals surface area (Å²) in [5.74, 6) is 0.471. The first-order valence-corrected chi connectivity index (χ1v) is 11.0. The minimum atomic E-state index is -1.09. The number of carbonyl (C=O) groups is 1. The van der Waals surface area contributed by atoms with Crippen molar-refractivity contribution in [2.45, 2.75) is 38.6 Å². The number of nitrogens with two attached hydrogens (primary N) is 1. The lowest BCUT2D eigenvalue weighted by atomic mass is 10.1. The van der Waals surface area contributed by atoms with Crippen LogP contribution in [0, 0.1) is 0 Å². The van der Waals surface area contributed by atoms with Crippen LogP contribution in [0.25, 0.3) is 5.78 Å². The summed E-state index contributed by atoms with van der Waals surface area (Å²) < 4.78 is 9.16. The zero-order valence-electron chi connectivity index (χ0n) is 19.2. The van der Waals surface area contributed by atoms with Gasteiger partial charge in [-0.3, -0.25) is 18.6 Å². The fraction of sp³-hybridized carbons (Fsp3) is 0.280. The number of nitrogens with zero attached hydrogens (tertiary/aromatic N) is 4. The summed E-state index contributed by atoms with van der Waals surface area (Å²) in [4.78, 5) is 25.3. The first kappa shape index (κ1) is 23.3. The summed E-state index contributed by atoms with van der Waals surface area (Å²) in [5.41, 5.74) is 6.69. The van der Waals surface area contributed by atoms with Crippen LogP contribution in [0.3, 0.4) is 0 Å². The Kier molecular flexibility index (Phi) is 6.85. The van der Waals surface area contributed by atoms with E-state index in [9.17, 15) is 9.59 Å². The minimum Gasteiger partial charge on any atom is -0.374 e. The van der Waals surface area contributed by atoms with E-state index in [-0.39, 0.29) is 18.1 Å². The van der Waals surface area contributed by atoms with E-state index in [2.05, 4.69) is 15.5 Å². The van der Waals surface area contributed by atoms with Crippen molar-refractivity contribution in [2.24, 2.45) is 5.73 Å². The molecule has 2 aromatic heterocycles. The van der Waals surface area contributed by atoms with Crippen LogP contribution < -0.4 is 16.6 Å². The molecule has 34 heavy (non-hydrogen) atoms. The summed E-state index contributed by atoms with van der Waals surface area (Å²) in [7, 11) is 0. The van der Waals surface area contributed by atoms with E-state index in [1.54, 1.807) is 29.0 Å². The Balaban J connectivity index is 1.65. The third kappa shape index (κ3) is 5.38. The molecule has 2 aromatic carbocycles. The van der Waals surface area contributed by atoms with Gasteiger partial charge in [0.05, 0.1) is 25.3 Å². The molecule has 1 amide bonds. The van der Waals surface area contributed by atoms with Crippen LogP contribution in [0.5, 0.6) is 0 Å². The van der Waals surface area contributed by atoms with Crippen molar-refractivity contribution in [2.75, 3.05) is 6.61 Å². The predicted octanol–water partition coefficient (Wildman–Crippen LogP) is 2.05. The first-order chi connectivity index (χ1) is 16.3. The normalized spacial score (nSPS) is 12.6. The van der Waals surface area contributed by atoms with Crippen molar-refractivity contribution in [3.05, 3.63) is 100 Å². The van der Waals surface area contributed by atoms with Crippen molar-refractivity contribution in [3.8, 4) is 0 Å². The summed E-state index contributed by atoms with van der Waals surface area (Å²) in [6, 6.07) is 20.2. The van der Waals surface area contributed by atoms with E-state index in [0.717, 1.165) is 11.1 Å². The van der Waals surface area contributed by atoms with Crippen molar-refractivity contribution in [1.29, 1.82) is 0 Å². The molecule has 9 nitrogen and oxygen atoms in total. The Morgan fingerprint density at radius 3 is 2.32 bits per heavy atom. The lowest BCUT2D eigenvalue weighted by molar-refractivity contribution is -0.126. The molecule has 0 aliphatic carbocycles. The number of amides is 1. The molecule has 9 heteroatoms. The number of hydrogen-bond acceptors (Lipinski definition) is 6. The highest BCUT2D eigenvalue weighted by molar-refractivity contribution is 5.85. The van der Waals surface area contributed by atoms with E-state index < -0.39 is 11.6 Å². The molecule has 0 saturated heterocycles. The highest BCUT2D eigenvalue weighted by atomic mass is 16.5. The van der Waals surface area contributed by atoms with Crippen molar-refractivity contribution >= 4 is 11.7 Å². The Bertz CT molecular complexity index is 1310. The van der Waals surface area contributed by atoms with Gasteiger partial charge < -0.3 is 15.8 Å². The van der Waals surface area contributed by atoms with Gasteiger partial charge in [0.25, 0.3) is 5.56 Å². The molecule has 0 radical (unpaired) electrons. The van der Waals surface area contributed by atoms with Gasteiger partial charge in [0.15, 0.2) is 5.82 Å². The highest BCUT2D eigenvalue weighted by Gasteiger charge is 2.28. The smallest absolute Gasteiger partial charge is 0.255 e. The van der Waals surface area contributed by atoms with Crippen LogP contribution in [-0.2, 0) is 22.7 Å². The van der Waals surface area contributed by atoms with Crippen LogP contribution >= 0.6 is 0 Å². The van der Waals surface area contributed by atoms with E-state index in [0.29, 0.717) is 24.8 Å². The number of rotatable bonds is 9. The van der Waals surface area contributed by atoms with Crippen molar-refractivity contribution < 1.29 is 9.53 Å². The highest BCUT2D eigenvalue weighted by Crippen LogP contribution is 2.16. The molecule has 0 aliphatic heterocycles. The first-order valence-electron chi connectivity index (χ1n) is 11.0. The molecule has 0 aliphatic rings. The van der Waals surface area contributed by atoms with Crippen molar-refractivity contribution in [3.63, 3.8) is 0 Å². The number of nitrogens with one attached hydrogen (secondary N) is 1. The maximum Gasteiger partial charge on any atom is 0.255 e. The Hall–Kier alpha value is -3.82. The van der Waals surface area contributed by atoms with Gasteiger partial charge in [0, 0.05) is 12.3 Å². The third-order valence-corrected chi connectivity index (χ3v) is 5.36. The molecular weight excluding hydrogens is 432 g/mol. The third-order valence-electron chi connectivity index (χ3n) is 5.36. The van der Waals surface area contributed by atoms with Crippen LogP contribution in [0.2, 0.25) is 0 Å². The second-order valence-electron chi connectivity index (χ2n) is 8.70. The quantitative estimate of drug-likeness (QED) is 0.395. The lowest BCUT2D eigenvalue weighted by Crippen LogP contribution is -2.51. The van der Waals surface area contributed by atoms with Crippen LogP contribution in [-0.4, -0.2) is 37.2 Å². The summed E-state index contributed by atoms with van der Waals surface area (Å²) >= 11 is 0. The Labute approximate surface area is 197 Å². The maximum absolute atomic E-state index is 12.7. The molecule has 0 spiro atoms. The van der Waals surface area contributed by atoms with Gasteiger partial charge in [-0.25, -0.2) is 0 Å². The number of carbonyl (C=O) groups excluding carboxylic acids is 1. The van der Waals surface area contributed by atoms with Gasteiger partial charge in [-0.1, -0.05) is 60.7 Å². The molecule has 2 heterocycles. The van der Waals surface area contributed by atoms with Gasteiger partial charge in [-0.15, -0.1) is 10.2 Å². The molecular formula is C25H28N6O3. The van der Waals surface area contributed by atoms with E-state index in [1.165, 1.54) is 6.07 Å². The van der Waals surface area contributed by atoms with E-state index in [1.807, 2.05) is 60.7 Å². The maximum atomic E-state index is 12.7. The minimum absolute atomic E-state index is 0.148. The number of fused-ring (bicyclic) bond motifs is 1. The fourth-order valence-electron chi connectivity index (χ4n) is 3.49. The van der Waals surface area contributed by atoms with Gasteiger partial charge >= 0.3 is 0 Å². The van der Waals surface area contributed by atoms with E-state index in [4.69, 9.17) is 10.5 Å². The number of benzene rings is 2. The number of ether oxygens (including phenoxy) is 1. The molecule has 3 N–H and O–H groups in total. The average molecular weight is 461 g/mol. The summed E-state index contributed by atoms with van der Waals surface area (Å²) in [5, 5.41) is 11.5. The second-order valence-corrected chi connectivity index (χ2v) is 8.70. The van der Waals surface area contributed by atoms with E-state index >= 15 is 0 Å². The lowest BCUT2D eigenvalue weighted by Gasteiger charge is -2.23. The summed E-state index contributed by atoms with van der Waals surface area (Å²) in [6.07, 6.45) is 1.61. The molecule has 0 fully saturated rings. The van der Waals surface area contributed by atoms with Crippen molar-refractivity contribution in [1.82, 2.24) is 24.5 Å². The molecule has 0 saturated carbocycles. The topological polar surface area (TPSA) is 117 Å². The summed E-state index contributed by atoms with van der Waals surface area (Å²) in [6.45, 7) is 4.12. The zero-order valence-corrected chi connectivity index (χ0v) is 19.2. The zero-order chi connectivity index (χ0) is 24.1. The molecule has 4 aromatic rings. The van der Waals surface area contributed by atoms with Gasteiger partial charge in [0.2, 0.25) is 11.7 Å². The largest absolute Gasteiger partial charge is 0.374 e. The molecule has 176 valence electrons. The van der Waals surface area contributed by atoms with Gasteiger partial charge in [-0.05, 0) is 25.0 Å². The Morgan fingerprint density at radius 2 is 1.68 bits per heavy atom. The molecule has 4 rings (SSSR count). The molecule has 1 atom stereocenters. The molecule has 0 bridgehead atoms. The van der Waals surface area contributed by atoms with Gasteiger partial charge in [0.1, 0.15) is 6.04 Å². The van der Waals surface area contributed by atoms with Crippen LogP contribution in [0.15, 0.2) is 77.7 Å².